The molecule has 0 aliphatic heterocycles. The fraction of sp³-hybridized carbons (Fsp3) is 0.750. The van der Waals surface area contributed by atoms with Crippen molar-refractivity contribution >= 4 is 0 Å². The Labute approximate surface area is 50.6 Å². The topological polar surface area (TPSA) is 0 Å². The Balaban J connectivity index is 2.14. The van der Waals surface area contributed by atoms with Crippen molar-refractivity contribution in [3.63, 3.8) is 0 Å². The van der Waals surface area contributed by atoms with Gasteiger partial charge >= 0.3 is 0 Å². The van der Waals surface area contributed by atoms with Crippen molar-refractivity contribution in [3.05, 3.63) is 12.2 Å². The molecule has 44 valence electrons. The summed E-state index contributed by atoms with van der Waals surface area (Å²) in [7, 11) is 0. The SMILES string of the molecule is C[C@H]1C=C[C@H]2CC[C@@H]12. The first-order chi connectivity index (χ1) is 3.88. The summed E-state index contributed by atoms with van der Waals surface area (Å²) in [5, 5.41) is 0. The summed E-state index contributed by atoms with van der Waals surface area (Å²) >= 11 is 0. The number of fused-ring (bicyclic) bond motifs is 1. The van der Waals surface area contributed by atoms with E-state index in [0.717, 1.165) is 17.8 Å². The van der Waals surface area contributed by atoms with Gasteiger partial charge in [0.1, 0.15) is 0 Å². The van der Waals surface area contributed by atoms with E-state index in [1.165, 1.54) is 12.8 Å². The highest BCUT2D eigenvalue weighted by atomic mass is 14.4. The van der Waals surface area contributed by atoms with Crippen molar-refractivity contribution < 1.29 is 0 Å². The van der Waals surface area contributed by atoms with Crippen molar-refractivity contribution in [2.45, 2.75) is 19.8 Å². The van der Waals surface area contributed by atoms with E-state index in [0.29, 0.717) is 0 Å². The molecule has 1 saturated carbocycles. The molecule has 1 fully saturated rings. The molecule has 0 heteroatoms. The summed E-state index contributed by atoms with van der Waals surface area (Å²) < 4.78 is 0. The second-order valence-corrected chi connectivity index (χ2v) is 3.15. The van der Waals surface area contributed by atoms with Crippen LogP contribution in [0.4, 0.5) is 0 Å². The van der Waals surface area contributed by atoms with Crippen LogP contribution in [0, 0.1) is 17.8 Å². The van der Waals surface area contributed by atoms with Gasteiger partial charge in [0, 0.05) is 0 Å². The standard InChI is InChI=1S/C8H12/c1-6-2-3-7-4-5-8(6)7/h2-3,6-8H,4-5H2,1H3/t6-,7-,8-/m0/s1. The Morgan fingerprint density at radius 2 is 2.12 bits per heavy atom. The molecular formula is C8H12. The fourth-order valence-corrected chi connectivity index (χ4v) is 1.90. The van der Waals surface area contributed by atoms with Gasteiger partial charge in [-0.05, 0) is 30.6 Å². The molecule has 0 heterocycles. The maximum Gasteiger partial charge on any atom is -0.0199 e. The summed E-state index contributed by atoms with van der Waals surface area (Å²) in [6, 6.07) is 0. The highest BCUT2D eigenvalue weighted by Gasteiger charge is 2.35. The lowest BCUT2D eigenvalue weighted by molar-refractivity contribution is 0.202. The predicted molar refractivity (Wildman–Crippen MR) is 34.5 cm³/mol. The van der Waals surface area contributed by atoms with E-state index in [2.05, 4.69) is 19.1 Å². The third-order valence-electron chi connectivity index (χ3n) is 2.72. The number of hydrogen-bond donors (Lipinski definition) is 0. The molecule has 0 unspecified atom stereocenters. The van der Waals surface area contributed by atoms with Gasteiger partial charge in [-0.1, -0.05) is 19.1 Å². The van der Waals surface area contributed by atoms with Gasteiger partial charge in [0.2, 0.25) is 0 Å². The molecule has 0 spiro atoms. The molecule has 2 aliphatic rings. The second-order valence-electron chi connectivity index (χ2n) is 3.15. The fourth-order valence-electron chi connectivity index (χ4n) is 1.90. The molecule has 0 nitrogen and oxygen atoms in total. The Bertz CT molecular complexity index is 116. The van der Waals surface area contributed by atoms with Crippen molar-refractivity contribution in [1.29, 1.82) is 0 Å². The molecule has 0 aromatic rings. The van der Waals surface area contributed by atoms with Crippen LogP contribution in [0.5, 0.6) is 0 Å². The van der Waals surface area contributed by atoms with Gasteiger partial charge < -0.3 is 0 Å². The van der Waals surface area contributed by atoms with Crippen LogP contribution in [0.2, 0.25) is 0 Å². The van der Waals surface area contributed by atoms with Gasteiger partial charge in [-0.25, -0.2) is 0 Å². The third kappa shape index (κ3) is 0.410. The summed E-state index contributed by atoms with van der Waals surface area (Å²) in [4.78, 5) is 0. The van der Waals surface area contributed by atoms with Crippen molar-refractivity contribution in [3.8, 4) is 0 Å². The van der Waals surface area contributed by atoms with Crippen molar-refractivity contribution in [2.24, 2.45) is 17.8 Å². The smallest absolute Gasteiger partial charge is 0.0199 e. The quantitative estimate of drug-likeness (QED) is 0.417. The van der Waals surface area contributed by atoms with E-state index in [1.54, 1.807) is 0 Å². The summed E-state index contributed by atoms with van der Waals surface area (Å²) in [5.41, 5.74) is 0. The average molecular weight is 108 g/mol. The Hall–Kier alpha value is -0.260. The van der Waals surface area contributed by atoms with Crippen LogP contribution in [0.1, 0.15) is 19.8 Å². The highest BCUT2D eigenvalue weighted by molar-refractivity contribution is 5.09. The highest BCUT2D eigenvalue weighted by Crippen LogP contribution is 2.45. The number of rotatable bonds is 0. The van der Waals surface area contributed by atoms with Gasteiger partial charge in [0.25, 0.3) is 0 Å². The summed E-state index contributed by atoms with van der Waals surface area (Å²) in [6.45, 7) is 2.33. The van der Waals surface area contributed by atoms with E-state index in [1.807, 2.05) is 0 Å². The normalized spacial score (nSPS) is 50.9. The van der Waals surface area contributed by atoms with Crippen LogP contribution in [0.3, 0.4) is 0 Å². The maximum atomic E-state index is 2.40. The Morgan fingerprint density at radius 3 is 2.38 bits per heavy atom. The Morgan fingerprint density at radius 1 is 1.25 bits per heavy atom. The lowest BCUT2D eigenvalue weighted by atomic mass is 9.72. The van der Waals surface area contributed by atoms with Gasteiger partial charge in [-0.2, -0.15) is 0 Å². The molecule has 8 heavy (non-hydrogen) atoms. The number of allylic oxidation sites excluding steroid dienone is 2. The first-order valence-corrected chi connectivity index (χ1v) is 3.56. The monoisotopic (exact) mass is 108 g/mol. The van der Waals surface area contributed by atoms with Crippen LogP contribution >= 0.6 is 0 Å². The lowest BCUT2D eigenvalue weighted by Gasteiger charge is -2.32. The zero-order valence-corrected chi connectivity index (χ0v) is 5.30. The van der Waals surface area contributed by atoms with Crippen molar-refractivity contribution in [1.82, 2.24) is 0 Å². The molecule has 3 atom stereocenters. The van der Waals surface area contributed by atoms with Gasteiger partial charge in [0.05, 0.1) is 0 Å². The van der Waals surface area contributed by atoms with Crippen LogP contribution in [-0.4, -0.2) is 0 Å². The summed E-state index contributed by atoms with van der Waals surface area (Å²) in [5.74, 6) is 2.94. The van der Waals surface area contributed by atoms with Gasteiger partial charge in [-0.3, -0.25) is 0 Å². The molecule has 2 rings (SSSR count). The first kappa shape index (κ1) is 4.60. The molecule has 0 aromatic heterocycles. The molecular weight excluding hydrogens is 96.1 g/mol. The maximum absolute atomic E-state index is 2.40. The van der Waals surface area contributed by atoms with Crippen LogP contribution in [-0.2, 0) is 0 Å². The van der Waals surface area contributed by atoms with E-state index >= 15 is 0 Å². The third-order valence-corrected chi connectivity index (χ3v) is 2.72. The minimum atomic E-state index is 0.897. The second kappa shape index (κ2) is 1.37. The van der Waals surface area contributed by atoms with Crippen LogP contribution < -0.4 is 0 Å². The van der Waals surface area contributed by atoms with Crippen LogP contribution in [0.25, 0.3) is 0 Å². The molecule has 2 aliphatic carbocycles. The molecule has 0 amide bonds. The lowest BCUT2D eigenvalue weighted by Crippen LogP contribution is -2.24. The molecule has 0 saturated heterocycles. The van der Waals surface area contributed by atoms with E-state index < -0.39 is 0 Å². The summed E-state index contributed by atoms with van der Waals surface area (Å²) in [6.07, 6.45) is 7.73. The molecule has 0 N–H and O–H groups in total. The number of hydrogen-bond acceptors (Lipinski definition) is 0. The zero-order valence-electron chi connectivity index (χ0n) is 5.30. The molecule has 0 bridgehead atoms. The van der Waals surface area contributed by atoms with Gasteiger partial charge in [0.15, 0.2) is 0 Å². The largest absolute Gasteiger partial charge is 0.0851 e. The zero-order chi connectivity index (χ0) is 5.56. The van der Waals surface area contributed by atoms with Gasteiger partial charge in [-0.15, -0.1) is 0 Å². The van der Waals surface area contributed by atoms with E-state index in [4.69, 9.17) is 0 Å². The predicted octanol–water partition coefficient (Wildman–Crippen LogP) is 2.22. The minimum absolute atomic E-state index is 0.897. The molecule has 0 radical (unpaired) electrons. The first-order valence-electron chi connectivity index (χ1n) is 3.56. The molecule has 0 aromatic carbocycles. The minimum Gasteiger partial charge on any atom is -0.0851 e. The average Bonchev–Trinajstić information content (AvgIpc) is 1.80. The van der Waals surface area contributed by atoms with E-state index in [9.17, 15) is 0 Å². The van der Waals surface area contributed by atoms with E-state index in [-0.39, 0.29) is 0 Å². The van der Waals surface area contributed by atoms with Crippen LogP contribution in [0.15, 0.2) is 12.2 Å². The Kier molecular flexibility index (Phi) is 0.787. The van der Waals surface area contributed by atoms with Crippen molar-refractivity contribution in [2.75, 3.05) is 0 Å².